The zero-order valence-electron chi connectivity index (χ0n) is 11.3. The fourth-order valence-corrected chi connectivity index (χ4v) is 2.53. The van der Waals surface area contributed by atoms with E-state index in [0.717, 1.165) is 6.26 Å². The summed E-state index contributed by atoms with van der Waals surface area (Å²) in [5, 5.41) is 9.67. The molecule has 0 amide bonds. The monoisotopic (exact) mass is 292 g/mol. The number of aliphatic hydroxyl groups excluding tert-OH is 1. The third kappa shape index (κ3) is 2.78. The van der Waals surface area contributed by atoms with E-state index in [1.807, 2.05) is 0 Å². The summed E-state index contributed by atoms with van der Waals surface area (Å²) in [5.74, 6) is 0.132. The van der Waals surface area contributed by atoms with Crippen LogP contribution in [0.4, 0.5) is 0 Å². The molecule has 6 heteroatoms. The second-order valence-electron chi connectivity index (χ2n) is 4.92. The lowest BCUT2D eigenvalue weighted by Gasteiger charge is -2.17. The van der Waals surface area contributed by atoms with Gasteiger partial charge in [-0.1, -0.05) is 6.58 Å². The molecule has 2 fully saturated rings. The van der Waals surface area contributed by atoms with Gasteiger partial charge in [-0.2, -0.15) is 0 Å². The van der Waals surface area contributed by atoms with Crippen LogP contribution in [0.25, 0.3) is 0 Å². The Labute approximate surface area is 121 Å². The van der Waals surface area contributed by atoms with Gasteiger partial charge in [0.05, 0.1) is 25.0 Å². The van der Waals surface area contributed by atoms with Crippen LogP contribution in [0.2, 0.25) is 0 Å². The summed E-state index contributed by atoms with van der Waals surface area (Å²) in [5.41, 5.74) is 0.412. The topological polar surface area (TPSA) is 74.2 Å². The van der Waals surface area contributed by atoms with Gasteiger partial charge < -0.3 is 24.1 Å². The highest BCUT2D eigenvalue weighted by molar-refractivity contribution is 5.89. The molecular formula is C15H16O6. The van der Waals surface area contributed by atoms with E-state index in [-0.39, 0.29) is 24.9 Å². The number of fused-ring (bicyclic) bond motifs is 1. The molecule has 0 radical (unpaired) electrons. The summed E-state index contributed by atoms with van der Waals surface area (Å²) < 4.78 is 21.5. The molecule has 2 saturated heterocycles. The van der Waals surface area contributed by atoms with Crippen LogP contribution < -0.4 is 4.74 Å². The maximum absolute atomic E-state index is 11.5. The molecular weight excluding hydrogens is 276 g/mol. The number of hydrogen-bond acceptors (Lipinski definition) is 6. The number of esters is 1. The number of carbonyl (C=O) groups is 1. The number of ether oxygens (including phenoxy) is 4. The van der Waals surface area contributed by atoms with Crippen molar-refractivity contribution in [3.05, 3.63) is 42.7 Å². The molecule has 0 aromatic heterocycles. The zero-order chi connectivity index (χ0) is 14.8. The summed E-state index contributed by atoms with van der Waals surface area (Å²) in [6.45, 7) is 3.97. The predicted molar refractivity (Wildman–Crippen MR) is 72.0 cm³/mol. The van der Waals surface area contributed by atoms with Gasteiger partial charge in [0, 0.05) is 0 Å². The normalized spacial score (nSPS) is 30.7. The summed E-state index contributed by atoms with van der Waals surface area (Å²) in [6, 6.07) is 6.58. The second-order valence-corrected chi connectivity index (χ2v) is 4.92. The van der Waals surface area contributed by atoms with Crippen LogP contribution in [0.3, 0.4) is 0 Å². The van der Waals surface area contributed by atoms with Crippen LogP contribution in [-0.2, 0) is 14.2 Å². The minimum Gasteiger partial charge on any atom is -0.485 e. The van der Waals surface area contributed by atoms with Crippen molar-refractivity contribution in [2.45, 2.75) is 24.4 Å². The number of benzene rings is 1. The molecule has 1 aromatic carbocycles. The molecule has 21 heavy (non-hydrogen) atoms. The third-order valence-corrected chi connectivity index (χ3v) is 3.55. The van der Waals surface area contributed by atoms with Gasteiger partial charge in [-0.15, -0.1) is 0 Å². The molecule has 0 bridgehead atoms. The summed E-state index contributed by atoms with van der Waals surface area (Å²) in [7, 11) is 0. The summed E-state index contributed by atoms with van der Waals surface area (Å²) >= 11 is 0. The van der Waals surface area contributed by atoms with Crippen molar-refractivity contribution in [2.24, 2.45) is 0 Å². The molecule has 112 valence electrons. The smallest absolute Gasteiger partial charge is 0.342 e. The molecule has 0 saturated carbocycles. The fraction of sp³-hybridized carbons (Fsp3) is 0.400. The van der Waals surface area contributed by atoms with Gasteiger partial charge in [0.15, 0.2) is 6.10 Å². The van der Waals surface area contributed by atoms with Crippen molar-refractivity contribution in [3.8, 4) is 5.75 Å². The number of carbonyl (C=O) groups excluding carboxylic acids is 1. The SMILES string of the molecule is C=COC(=O)c1ccc(O[C@H]2COC3C2OC[C@@H]3O)cc1. The Morgan fingerprint density at radius 3 is 2.67 bits per heavy atom. The van der Waals surface area contributed by atoms with Gasteiger partial charge in [-0.3, -0.25) is 0 Å². The number of aliphatic hydroxyl groups is 1. The number of hydrogen-bond donors (Lipinski definition) is 1. The molecule has 2 unspecified atom stereocenters. The zero-order valence-corrected chi connectivity index (χ0v) is 11.3. The van der Waals surface area contributed by atoms with E-state index in [9.17, 15) is 9.90 Å². The van der Waals surface area contributed by atoms with Gasteiger partial charge in [-0.25, -0.2) is 4.79 Å². The van der Waals surface area contributed by atoms with Gasteiger partial charge in [0.2, 0.25) is 0 Å². The van der Waals surface area contributed by atoms with Crippen LogP contribution in [0.1, 0.15) is 10.4 Å². The van der Waals surface area contributed by atoms with Gasteiger partial charge in [0.25, 0.3) is 0 Å². The van der Waals surface area contributed by atoms with Gasteiger partial charge >= 0.3 is 5.97 Å². The van der Waals surface area contributed by atoms with Crippen LogP contribution in [-0.4, -0.2) is 48.7 Å². The van der Waals surface area contributed by atoms with Crippen molar-refractivity contribution in [1.82, 2.24) is 0 Å². The van der Waals surface area contributed by atoms with E-state index >= 15 is 0 Å². The van der Waals surface area contributed by atoms with E-state index in [4.69, 9.17) is 14.2 Å². The highest BCUT2D eigenvalue weighted by Crippen LogP contribution is 2.29. The highest BCUT2D eigenvalue weighted by Gasteiger charge is 2.48. The first-order chi connectivity index (χ1) is 10.2. The first-order valence-electron chi connectivity index (χ1n) is 6.69. The molecule has 3 rings (SSSR count). The lowest BCUT2D eigenvalue weighted by Crippen LogP contribution is -2.34. The molecule has 0 aliphatic carbocycles. The van der Waals surface area contributed by atoms with Crippen molar-refractivity contribution in [3.63, 3.8) is 0 Å². The summed E-state index contributed by atoms with van der Waals surface area (Å²) in [6.07, 6.45) is -0.356. The molecule has 2 heterocycles. The Balaban J connectivity index is 1.63. The van der Waals surface area contributed by atoms with E-state index in [1.165, 1.54) is 0 Å². The van der Waals surface area contributed by atoms with E-state index in [1.54, 1.807) is 24.3 Å². The van der Waals surface area contributed by atoms with Crippen molar-refractivity contribution >= 4 is 5.97 Å². The van der Waals surface area contributed by atoms with Crippen molar-refractivity contribution < 1.29 is 28.8 Å². The third-order valence-electron chi connectivity index (χ3n) is 3.55. The lowest BCUT2D eigenvalue weighted by atomic mass is 10.1. The lowest BCUT2D eigenvalue weighted by molar-refractivity contribution is 0.00862. The molecule has 6 nitrogen and oxygen atoms in total. The maximum atomic E-state index is 11.5. The van der Waals surface area contributed by atoms with E-state index < -0.39 is 12.1 Å². The van der Waals surface area contributed by atoms with Gasteiger partial charge in [0.1, 0.15) is 24.1 Å². The maximum Gasteiger partial charge on any atom is 0.342 e. The van der Waals surface area contributed by atoms with E-state index in [0.29, 0.717) is 17.9 Å². The van der Waals surface area contributed by atoms with E-state index in [2.05, 4.69) is 11.3 Å². The summed E-state index contributed by atoms with van der Waals surface area (Å²) in [4.78, 5) is 11.5. The molecule has 1 N–H and O–H groups in total. The molecule has 2 aliphatic rings. The van der Waals surface area contributed by atoms with Crippen molar-refractivity contribution in [1.29, 1.82) is 0 Å². The second kappa shape index (κ2) is 5.85. The van der Waals surface area contributed by atoms with Gasteiger partial charge in [-0.05, 0) is 24.3 Å². The average Bonchev–Trinajstić information content (AvgIpc) is 3.04. The van der Waals surface area contributed by atoms with Crippen LogP contribution >= 0.6 is 0 Å². The number of rotatable bonds is 4. The Morgan fingerprint density at radius 2 is 1.95 bits per heavy atom. The minimum absolute atomic E-state index is 0.259. The molecule has 1 aromatic rings. The largest absolute Gasteiger partial charge is 0.485 e. The average molecular weight is 292 g/mol. The quantitative estimate of drug-likeness (QED) is 0.656. The fourth-order valence-electron chi connectivity index (χ4n) is 2.53. The molecule has 4 atom stereocenters. The standard InChI is InChI=1S/C15H16O6/c1-2-18-15(17)9-3-5-10(6-4-9)21-12-8-20-13-11(16)7-19-14(12)13/h2-6,11-14,16H,1,7-8H2/t11-,12-,13?,14?/m0/s1. The molecule has 2 aliphatic heterocycles. The van der Waals surface area contributed by atoms with Crippen LogP contribution in [0.15, 0.2) is 37.1 Å². The van der Waals surface area contributed by atoms with Crippen LogP contribution in [0.5, 0.6) is 5.75 Å². The first-order valence-corrected chi connectivity index (χ1v) is 6.69. The Bertz CT molecular complexity index is 525. The Kier molecular flexibility index (Phi) is 3.92. The first kappa shape index (κ1) is 14.1. The molecule has 0 spiro atoms. The van der Waals surface area contributed by atoms with Crippen molar-refractivity contribution in [2.75, 3.05) is 13.2 Å². The Hall–Kier alpha value is -1.89. The minimum atomic E-state index is -0.598. The highest BCUT2D eigenvalue weighted by atomic mass is 16.6. The predicted octanol–water partition coefficient (Wildman–Crippen LogP) is 0.893. The van der Waals surface area contributed by atoms with Crippen LogP contribution in [0, 0.1) is 0 Å². The Morgan fingerprint density at radius 1 is 1.24 bits per heavy atom.